The van der Waals surface area contributed by atoms with Gasteiger partial charge in [-0.05, 0) is 24.6 Å². The van der Waals surface area contributed by atoms with Crippen molar-refractivity contribution in [1.82, 2.24) is 0 Å². The molecule has 1 saturated heterocycles. The fourth-order valence-electron chi connectivity index (χ4n) is 1.98. The minimum atomic E-state index is -1.09. The van der Waals surface area contributed by atoms with Gasteiger partial charge in [0.25, 0.3) is 0 Å². The van der Waals surface area contributed by atoms with E-state index in [2.05, 4.69) is 0 Å². The van der Waals surface area contributed by atoms with Crippen molar-refractivity contribution in [2.24, 2.45) is 0 Å². The van der Waals surface area contributed by atoms with Crippen LogP contribution < -0.4 is 0 Å². The summed E-state index contributed by atoms with van der Waals surface area (Å²) in [6.07, 6.45) is 1.21. The third-order valence-corrected chi connectivity index (χ3v) is 3.04. The van der Waals surface area contributed by atoms with Crippen molar-refractivity contribution < 1.29 is 19.1 Å². The highest BCUT2D eigenvalue weighted by molar-refractivity contribution is 5.86. The number of carbonyl (C=O) groups is 1. The van der Waals surface area contributed by atoms with E-state index >= 15 is 0 Å². The van der Waals surface area contributed by atoms with Gasteiger partial charge < -0.3 is 14.3 Å². The molecule has 2 atom stereocenters. The number of carboxylic acids is 1. The van der Waals surface area contributed by atoms with Crippen LogP contribution in [0.5, 0.6) is 0 Å². The average molecular weight is 218 g/mol. The summed E-state index contributed by atoms with van der Waals surface area (Å²) >= 11 is 0. The minimum Gasteiger partial charge on any atom is -0.479 e. The second-order valence-electron chi connectivity index (χ2n) is 4.09. The Labute approximate surface area is 91.4 Å². The van der Waals surface area contributed by atoms with E-state index in [1.807, 2.05) is 24.3 Å². The van der Waals surface area contributed by atoms with Crippen LogP contribution in [0.3, 0.4) is 0 Å². The molecular weight excluding hydrogens is 208 g/mol. The maximum atomic E-state index is 11.0. The Morgan fingerprint density at radius 2 is 2.25 bits per heavy atom. The predicted octanol–water partition coefficient (Wildman–Crippen LogP) is 2.35. The van der Waals surface area contributed by atoms with E-state index < -0.39 is 11.6 Å². The van der Waals surface area contributed by atoms with Crippen molar-refractivity contribution in [1.29, 1.82) is 0 Å². The molecule has 2 heterocycles. The normalized spacial score (nSPS) is 28.2. The number of fused-ring (bicyclic) bond motifs is 1. The Morgan fingerprint density at radius 1 is 1.44 bits per heavy atom. The first-order valence-corrected chi connectivity index (χ1v) is 5.00. The van der Waals surface area contributed by atoms with Gasteiger partial charge in [-0.2, -0.15) is 0 Å². The zero-order valence-electron chi connectivity index (χ0n) is 8.64. The zero-order valence-corrected chi connectivity index (χ0v) is 8.64. The van der Waals surface area contributed by atoms with Crippen LogP contribution in [0.1, 0.15) is 18.6 Å². The summed E-state index contributed by atoms with van der Waals surface area (Å²) in [5, 5.41) is 9.93. The van der Waals surface area contributed by atoms with Gasteiger partial charge in [0.2, 0.25) is 0 Å². The molecule has 82 valence electrons. The van der Waals surface area contributed by atoms with E-state index in [1.165, 1.54) is 0 Å². The number of furan rings is 1. The summed E-state index contributed by atoms with van der Waals surface area (Å²) in [5.41, 5.74) is 0.530. The van der Waals surface area contributed by atoms with Crippen molar-refractivity contribution in [3.8, 4) is 0 Å². The number of ether oxygens (including phenoxy) is 1. The van der Waals surface area contributed by atoms with Gasteiger partial charge in [-0.3, -0.25) is 0 Å². The summed E-state index contributed by atoms with van der Waals surface area (Å²) in [7, 11) is 0. The van der Waals surface area contributed by atoms with Crippen LogP contribution in [-0.4, -0.2) is 16.7 Å². The third kappa shape index (κ3) is 1.10. The molecule has 16 heavy (non-hydrogen) atoms. The van der Waals surface area contributed by atoms with Crippen LogP contribution in [0.4, 0.5) is 0 Å². The van der Waals surface area contributed by atoms with E-state index in [0.29, 0.717) is 0 Å². The van der Waals surface area contributed by atoms with E-state index in [0.717, 1.165) is 16.5 Å². The number of hydrogen-bond acceptors (Lipinski definition) is 3. The Morgan fingerprint density at radius 3 is 2.94 bits per heavy atom. The van der Waals surface area contributed by atoms with Crippen molar-refractivity contribution in [3.63, 3.8) is 0 Å². The van der Waals surface area contributed by atoms with Crippen LogP contribution in [0, 0.1) is 0 Å². The smallest absolute Gasteiger partial charge is 0.338 e. The van der Waals surface area contributed by atoms with Gasteiger partial charge in [0.1, 0.15) is 11.7 Å². The second-order valence-corrected chi connectivity index (χ2v) is 4.09. The molecule has 0 spiro atoms. The van der Waals surface area contributed by atoms with Gasteiger partial charge >= 0.3 is 5.97 Å². The molecule has 4 heteroatoms. The standard InChI is InChI=1S/C12H10O4/c1-12(11(13)14)10(16-12)8-3-2-4-9-7(8)5-6-15-9/h2-6,10H,1H3,(H,13,14)/t10-,12+/m0/s1. The summed E-state index contributed by atoms with van der Waals surface area (Å²) in [4.78, 5) is 11.0. The lowest BCUT2D eigenvalue weighted by atomic mass is 9.99. The Balaban J connectivity index is 2.09. The van der Waals surface area contributed by atoms with Crippen LogP contribution in [0.25, 0.3) is 11.0 Å². The monoisotopic (exact) mass is 218 g/mol. The SMILES string of the molecule is C[C@@]1(C(=O)O)O[C@H]1c1cccc2occc12. The molecule has 0 saturated carbocycles. The highest BCUT2D eigenvalue weighted by atomic mass is 16.6. The Bertz CT molecular complexity index is 571. The van der Waals surface area contributed by atoms with E-state index in [-0.39, 0.29) is 6.10 Å². The molecule has 4 nitrogen and oxygen atoms in total. The zero-order chi connectivity index (χ0) is 11.3. The van der Waals surface area contributed by atoms with Crippen LogP contribution in [-0.2, 0) is 9.53 Å². The first-order chi connectivity index (χ1) is 7.63. The number of carboxylic acid groups (broad SMARTS) is 1. The quantitative estimate of drug-likeness (QED) is 0.786. The molecule has 1 fully saturated rings. The third-order valence-electron chi connectivity index (χ3n) is 3.04. The lowest BCUT2D eigenvalue weighted by molar-refractivity contribution is -0.142. The van der Waals surface area contributed by atoms with Gasteiger partial charge in [-0.1, -0.05) is 12.1 Å². The topological polar surface area (TPSA) is 63.0 Å². The van der Waals surface area contributed by atoms with Crippen molar-refractivity contribution >= 4 is 16.9 Å². The molecule has 1 N–H and O–H groups in total. The summed E-state index contributed by atoms with van der Waals surface area (Å²) in [6.45, 7) is 1.58. The van der Waals surface area contributed by atoms with Gasteiger partial charge in [0.05, 0.1) is 6.26 Å². The van der Waals surface area contributed by atoms with Gasteiger partial charge in [0, 0.05) is 5.39 Å². The highest BCUT2D eigenvalue weighted by Gasteiger charge is 2.60. The van der Waals surface area contributed by atoms with E-state index in [4.69, 9.17) is 14.3 Å². The van der Waals surface area contributed by atoms with E-state index in [1.54, 1.807) is 13.2 Å². The molecule has 0 bridgehead atoms. The first-order valence-electron chi connectivity index (χ1n) is 5.00. The maximum absolute atomic E-state index is 11.0. The average Bonchev–Trinajstić information content (AvgIpc) is 2.75. The summed E-state index contributed by atoms with van der Waals surface area (Å²) < 4.78 is 10.6. The van der Waals surface area contributed by atoms with Gasteiger partial charge in [0.15, 0.2) is 5.60 Å². The number of epoxide rings is 1. The van der Waals surface area contributed by atoms with Crippen molar-refractivity contribution in [2.45, 2.75) is 18.6 Å². The molecule has 0 unspecified atom stereocenters. The van der Waals surface area contributed by atoms with Crippen LogP contribution >= 0.6 is 0 Å². The number of aliphatic carboxylic acids is 1. The summed E-state index contributed by atoms with van der Waals surface area (Å²) in [6, 6.07) is 7.38. The first kappa shape index (κ1) is 9.42. The second kappa shape index (κ2) is 2.86. The maximum Gasteiger partial charge on any atom is 0.338 e. The largest absolute Gasteiger partial charge is 0.479 e. The molecule has 0 radical (unpaired) electrons. The number of benzene rings is 1. The Kier molecular flexibility index (Phi) is 1.68. The molecule has 3 rings (SSSR count). The molecule has 1 aliphatic rings. The van der Waals surface area contributed by atoms with Crippen LogP contribution in [0.15, 0.2) is 34.9 Å². The van der Waals surface area contributed by atoms with Gasteiger partial charge in [-0.25, -0.2) is 4.79 Å². The molecular formula is C12H10O4. The molecule has 1 aromatic carbocycles. The number of hydrogen-bond donors (Lipinski definition) is 1. The molecule has 0 amide bonds. The molecule has 0 aliphatic carbocycles. The molecule has 2 aromatic rings. The molecule has 1 aromatic heterocycles. The fourth-order valence-corrected chi connectivity index (χ4v) is 1.98. The minimum absolute atomic E-state index is 0.383. The highest BCUT2D eigenvalue weighted by Crippen LogP contribution is 2.51. The van der Waals surface area contributed by atoms with Crippen molar-refractivity contribution in [2.75, 3.05) is 0 Å². The number of rotatable bonds is 2. The molecule has 1 aliphatic heterocycles. The lowest BCUT2D eigenvalue weighted by Crippen LogP contribution is -2.20. The van der Waals surface area contributed by atoms with Crippen LogP contribution in [0.2, 0.25) is 0 Å². The van der Waals surface area contributed by atoms with Crippen molar-refractivity contribution in [3.05, 3.63) is 36.1 Å². The predicted molar refractivity (Wildman–Crippen MR) is 56.1 cm³/mol. The fraction of sp³-hybridized carbons (Fsp3) is 0.250. The Hall–Kier alpha value is -1.81. The summed E-state index contributed by atoms with van der Waals surface area (Å²) in [5.74, 6) is -0.932. The van der Waals surface area contributed by atoms with E-state index in [9.17, 15) is 4.79 Å². The lowest BCUT2D eigenvalue weighted by Gasteiger charge is -2.00. The van der Waals surface area contributed by atoms with Gasteiger partial charge in [-0.15, -0.1) is 0 Å².